The van der Waals surface area contributed by atoms with Crippen molar-refractivity contribution in [3.8, 4) is 0 Å². The Bertz CT molecular complexity index is 719. The summed E-state index contributed by atoms with van der Waals surface area (Å²) >= 11 is 1.19. The molecule has 0 saturated heterocycles. The van der Waals surface area contributed by atoms with Crippen LogP contribution in [0.5, 0.6) is 0 Å². The highest BCUT2D eigenvalue weighted by Gasteiger charge is 2.41. The van der Waals surface area contributed by atoms with E-state index < -0.39 is 23.0 Å². The molecule has 0 aliphatic carbocycles. The molecule has 0 heterocycles. The van der Waals surface area contributed by atoms with Crippen LogP contribution in [0.4, 0.5) is 0 Å². The number of aliphatic carboxylic acids is 1. The summed E-state index contributed by atoms with van der Waals surface area (Å²) in [5, 5.41) is 9.92. The zero-order valence-electron chi connectivity index (χ0n) is 22.5. The Morgan fingerprint density at radius 2 is 1.64 bits per heavy atom. The molecule has 0 spiro atoms. The lowest BCUT2D eigenvalue weighted by Crippen LogP contribution is -2.58. The van der Waals surface area contributed by atoms with Gasteiger partial charge in [-0.25, -0.2) is 4.79 Å². The van der Waals surface area contributed by atoms with Crippen molar-refractivity contribution < 1.29 is 38.5 Å². The maximum atomic E-state index is 12.2. The number of thioether (sulfide) groups is 1. The van der Waals surface area contributed by atoms with Crippen LogP contribution < -0.4 is 5.73 Å². The number of carbonyl (C=O) groups is 4. The van der Waals surface area contributed by atoms with E-state index in [2.05, 4.69) is 0 Å². The van der Waals surface area contributed by atoms with Gasteiger partial charge in [0.25, 0.3) is 0 Å². The Balaban J connectivity index is 5.17. The highest BCUT2D eigenvalue weighted by Crippen LogP contribution is 2.22. The van der Waals surface area contributed by atoms with E-state index in [4.69, 9.17) is 19.9 Å². The first-order valence-electron chi connectivity index (χ1n) is 12.6. The zero-order chi connectivity index (χ0) is 27.6. The highest BCUT2D eigenvalue weighted by molar-refractivity contribution is 7.99. The normalized spacial score (nSPS) is 14.3. The molecule has 0 radical (unpaired) electrons. The van der Waals surface area contributed by atoms with Crippen LogP contribution >= 0.6 is 11.8 Å². The Kier molecular flexibility index (Phi) is 17.4. The number of ether oxygens (including phenoxy) is 3. The number of carboxylic acids is 1. The van der Waals surface area contributed by atoms with E-state index in [-0.39, 0.29) is 36.0 Å². The predicted octanol–water partition coefficient (Wildman–Crippen LogP) is 4.26. The fourth-order valence-corrected chi connectivity index (χ4v) is 3.85. The van der Waals surface area contributed by atoms with Gasteiger partial charge in [-0.3, -0.25) is 14.4 Å². The van der Waals surface area contributed by atoms with Gasteiger partial charge < -0.3 is 25.1 Å². The Labute approximate surface area is 219 Å². The molecular formula is C26H45NO8S. The summed E-state index contributed by atoms with van der Waals surface area (Å²) in [7, 11) is 0. The second kappa shape index (κ2) is 18.4. The van der Waals surface area contributed by atoms with Crippen molar-refractivity contribution >= 4 is 35.5 Å². The summed E-state index contributed by atoms with van der Waals surface area (Å²) in [5.74, 6) is -1.98. The number of nitrogens with two attached hydrogens (primary N) is 1. The molecule has 2 unspecified atom stereocenters. The van der Waals surface area contributed by atoms with E-state index in [1.54, 1.807) is 27.7 Å². The number of carbonyl (C=O) groups excluding carboxylic acids is 3. The molecule has 0 aliphatic heterocycles. The molecule has 3 N–H and O–H groups in total. The maximum absolute atomic E-state index is 12.2. The van der Waals surface area contributed by atoms with E-state index in [0.29, 0.717) is 38.7 Å². The largest absolute Gasteiger partial charge is 0.480 e. The van der Waals surface area contributed by atoms with Gasteiger partial charge in [-0.05, 0) is 59.1 Å². The molecular weight excluding hydrogens is 486 g/mol. The number of unbranched alkanes of at least 4 members (excludes halogenated alkanes) is 4. The van der Waals surface area contributed by atoms with Crippen LogP contribution in [0.25, 0.3) is 0 Å². The van der Waals surface area contributed by atoms with Crippen molar-refractivity contribution in [2.75, 3.05) is 24.9 Å². The van der Waals surface area contributed by atoms with Gasteiger partial charge in [0.15, 0.2) is 11.3 Å². The lowest BCUT2D eigenvalue weighted by Gasteiger charge is -2.31. The van der Waals surface area contributed by atoms with E-state index in [0.717, 1.165) is 19.3 Å². The molecule has 36 heavy (non-hydrogen) atoms. The number of carboxylic acid groups (broad SMARTS) is 1. The summed E-state index contributed by atoms with van der Waals surface area (Å²) in [5.41, 5.74) is 3.68. The SMILES string of the molecule is CCCCCC(=O)/C=C/C(N)(C(=O)O)C(CSCOC(=O)C(C)(C)C)OCCCCCC(=O)OCC. The molecule has 208 valence electrons. The molecule has 0 aromatic carbocycles. The molecule has 0 aliphatic rings. The quantitative estimate of drug-likeness (QED) is 0.101. The van der Waals surface area contributed by atoms with Crippen molar-refractivity contribution in [1.29, 1.82) is 0 Å². The lowest BCUT2D eigenvalue weighted by molar-refractivity contribution is -0.150. The topological polar surface area (TPSA) is 142 Å². The van der Waals surface area contributed by atoms with Crippen LogP contribution in [0, 0.1) is 5.41 Å². The van der Waals surface area contributed by atoms with Crippen LogP contribution in [0.1, 0.15) is 86.0 Å². The minimum atomic E-state index is -1.94. The van der Waals surface area contributed by atoms with Gasteiger partial charge in [0.2, 0.25) is 0 Å². The average molecular weight is 532 g/mol. The van der Waals surface area contributed by atoms with Crippen LogP contribution in [-0.4, -0.2) is 65.3 Å². The van der Waals surface area contributed by atoms with Crippen LogP contribution in [0.15, 0.2) is 12.2 Å². The van der Waals surface area contributed by atoms with E-state index in [1.165, 1.54) is 23.9 Å². The Morgan fingerprint density at radius 1 is 0.972 bits per heavy atom. The Morgan fingerprint density at radius 3 is 2.22 bits per heavy atom. The van der Waals surface area contributed by atoms with Crippen LogP contribution in [0.2, 0.25) is 0 Å². The van der Waals surface area contributed by atoms with Crippen molar-refractivity contribution in [2.45, 2.75) is 97.6 Å². The second-order valence-corrected chi connectivity index (χ2v) is 10.6. The van der Waals surface area contributed by atoms with Gasteiger partial charge in [-0.1, -0.05) is 26.2 Å². The van der Waals surface area contributed by atoms with Crippen molar-refractivity contribution in [3.63, 3.8) is 0 Å². The molecule has 0 bridgehead atoms. The number of hydrogen-bond donors (Lipinski definition) is 2. The second-order valence-electron chi connectivity index (χ2n) is 9.64. The summed E-state index contributed by atoms with van der Waals surface area (Å²) in [6.07, 6.45) is 6.62. The van der Waals surface area contributed by atoms with E-state index in [9.17, 15) is 24.3 Å². The number of allylic oxidation sites excluding steroid dienone is 1. The molecule has 0 amide bonds. The van der Waals surface area contributed by atoms with Gasteiger partial charge in [-0.2, -0.15) is 0 Å². The van der Waals surface area contributed by atoms with Gasteiger partial charge >= 0.3 is 17.9 Å². The summed E-state index contributed by atoms with van der Waals surface area (Å²) in [6, 6.07) is 0. The van der Waals surface area contributed by atoms with Crippen molar-refractivity contribution in [1.82, 2.24) is 0 Å². The standard InChI is InChI=1S/C26H45NO8S/c1-6-8-10-13-20(28)15-16-26(27,23(30)31)21(18-36-19-35-24(32)25(3,4)5)34-17-12-9-11-14-22(29)33-7-2/h15-16,21H,6-14,17-19,27H2,1-5H3,(H,30,31)/b16-15+. The number of ketones is 1. The highest BCUT2D eigenvalue weighted by atomic mass is 32.2. The van der Waals surface area contributed by atoms with Gasteiger partial charge in [0, 0.05) is 25.2 Å². The smallest absolute Gasteiger partial charge is 0.330 e. The molecule has 0 fully saturated rings. The minimum Gasteiger partial charge on any atom is -0.480 e. The van der Waals surface area contributed by atoms with Gasteiger partial charge in [0.1, 0.15) is 5.94 Å². The van der Waals surface area contributed by atoms with Gasteiger partial charge in [0.05, 0.1) is 18.1 Å². The molecule has 0 rings (SSSR count). The third-order valence-corrected chi connectivity index (χ3v) is 6.10. The van der Waals surface area contributed by atoms with Crippen LogP contribution in [-0.2, 0) is 33.4 Å². The lowest BCUT2D eigenvalue weighted by atomic mass is 9.93. The summed E-state index contributed by atoms with van der Waals surface area (Å²) < 4.78 is 16.0. The molecule has 2 atom stereocenters. The molecule has 10 heteroatoms. The minimum absolute atomic E-state index is 0.0187. The number of esters is 2. The summed E-state index contributed by atoms with van der Waals surface area (Å²) in [4.78, 5) is 47.8. The Hall–Kier alpha value is -1.91. The van der Waals surface area contributed by atoms with E-state index >= 15 is 0 Å². The number of hydrogen-bond acceptors (Lipinski definition) is 9. The predicted molar refractivity (Wildman–Crippen MR) is 141 cm³/mol. The van der Waals surface area contributed by atoms with Gasteiger partial charge in [-0.15, -0.1) is 11.8 Å². The molecule has 0 aromatic rings. The zero-order valence-corrected chi connectivity index (χ0v) is 23.3. The average Bonchev–Trinajstić information content (AvgIpc) is 2.80. The van der Waals surface area contributed by atoms with Crippen molar-refractivity contribution in [2.24, 2.45) is 11.1 Å². The third-order valence-electron chi connectivity index (χ3n) is 5.28. The first-order chi connectivity index (χ1) is 16.9. The van der Waals surface area contributed by atoms with Crippen LogP contribution in [0.3, 0.4) is 0 Å². The van der Waals surface area contributed by atoms with Crippen molar-refractivity contribution in [3.05, 3.63) is 12.2 Å². The number of rotatable bonds is 20. The fraction of sp³-hybridized carbons (Fsp3) is 0.769. The third kappa shape index (κ3) is 14.6. The molecule has 9 nitrogen and oxygen atoms in total. The summed E-state index contributed by atoms with van der Waals surface area (Å²) in [6.45, 7) is 9.57. The first kappa shape index (κ1) is 34.1. The monoisotopic (exact) mass is 531 g/mol. The maximum Gasteiger partial charge on any atom is 0.330 e. The van der Waals surface area contributed by atoms with E-state index in [1.807, 2.05) is 6.92 Å². The fourth-order valence-electron chi connectivity index (χ4n) is 2.98. The first-order valence-corrected chi connectivity index (χ1v) is 13.8. The molecule has 0 aromatic heterocycles. The molecule has 0 saturated carbocycles.